The van der Waals surface area contributed by atoms with Crippen LogP contribution in [0.1, 0.15) is 12.0 Å². The molecule has 2 aromatic rings. The minimum Gasteiger partial charge on any atom is -0.324 e. The number of aryl methyl sites for hydroxylation is 1. The summed E-state index contributed by atoms with van der Waals surface area (Å²) in [6.45, 7) is 1.96. The lowest BCUT2D eigenvalue weighted by Crippen LogP contribution is -2.32. The number of amides is 1. The van der Waals surface area contributed by atoms with Crippen molar-refractivity contribution in [3.8, 4) is 0 Å². The first-order chi connectivity index (χ1) is 9.36. The van der Waals surface area contributed by atoms with Gasteiger partial charge in [0.05, 0.1) is 11.0 Å². The van der Waals surface area contributed by atoms with Crippen molar-refractivity contribution in [2.24, 2.45) is 5.14 Å². The highest BCUT2D eigenvalue weighted by molar-refractivity contribution is 7.89. The summed E-state index contributed by atoms with van der Waals surface area (Å²) >= 11 is 0. The first kappa shape index (κ1) is 13.1. The van der Waals surface area contributed by atoms with E-state index in [0.29, 0.717) is 5.95 Å². The van der Waals surface area contributed by atoms with Crippen LogP contribution in [0.15, 0.2) is 18.2 Å². The molecule has 1 unspecified atom stereocenters. The van der Waals surface area contributed by atoms with Gasteiger partial charge in [0.2, 0.25) is 21.9 Å². The van der Waals surface area contributed by atoms with Crippen LogP contribution in [0.25, 0.3) is 11.0 Å². The van der Waals surface area contributed by atoms with Crippen LogP contribution in [-0.2, 0) is 14.8 Å². The van der Waals surface area contributed by atoms with Crippen LogP contribution >= 0.6 is 0 Å². The Balaban J connectivity index is 2.00. The lowest BCUT2D eigenvalue weighted by molar-refractivity contribution is -0.117. The molecule has 1 aliphatic rings. The van der Waals surface area contributed by atoms with Crippen LogP contribution in [0.5, 0.6) is 0 Å². The smallest absolute Gasteiger partial charge is 0.230 e. The molecule has 0 radical (unpaired) electrons. The Morgan fingerprint density at radius 3 is 2.80 bits per heavy atom. The highest BCUT2D eigenvalue weighted by Gasteiger charge is 2.38. The fourth-order valence-electron chi connectivity index (χ4n) is 2.39. The molecule has 3 rings (SSSR count). The van der Waals surface area contributed by atoms with E-state index < -0.39 is 15.3 Å². The van der Waals surface area contributed by atoms with Crippen LogP contribution < -0.4 is 10.0 Å². The van der Waals surface area contributed by atoms with Gasteiger partial charge >= 0.3 is 0 Å². The van der Waals surface area contributed by atoms with Gasteiger partial charge in [-0.1, -0.05) is 12.1 Å². The van der Waals surface area contributed by atoms with Gasteiger partial charge in [-0.05, 0) is 18.6 Å². The Kier molecular flexibility index (Phi) is 2.80. The maximum atomic E-state index is 11.9. The van der Waals surface area contributed by atoms with Crippen molar-refractivity contribution in [2.45, 2.75) is 18.6 Å². The predicted molar refractivity (Wildman–Crippen MR) is 74.7 cm³/mol. The van der Waals surface area contributed by atoms with Gasteiger partial charge in [-0.2, -0.15) is 0 Å². The van der Waals surface area contributed by atoms with Crippen molar-refractivity contribution in [1.29, 1.82) is 0 Å². The number of nitrogens with two attached hydrogens (primary N) is 1. The third kappa shape index (κ3) is 2.06. The molecule has 1 aromatic carbocycles. The number of para-hydroxylation sites is 1. The fourth-order valence-corrected chi connectivity index (χ4v) is 3.12. The first-order valence-electron chi connectivity index (χ1n) is 6.13. The number of carbonyl (C=O) groups is 1. The van der Waals surface area contributed by atoms with E-state index in [1.165, 1.54) is 4.90 Å². The predicted octanol–water partition coefficient (Wildman–Crippen LogP) is 0.265. The number of carbonyl (C=O) groups excluding carboxylic acids is 1. The molecule has 106 valence electrons. The normalized spacial score (nSPS) is 20.0. The molecule has 7 nitrogen and oxygen atoms in total. The lowest BCUT2D eigenvalue weighted by Gasteiger charge is -2.12. The highest BCUT2D eigenvalue weighted by Crippen LogP contribution is 2.25. The van der Waals surface area contributed by atoms with Crippen molar-refractivity contribution in [3.05, 3.63) is 23.8 Å². The monoisotopic (exact) mass is 294 g/mol. The Hall–Kier alpha value is -1.93. The molecular weight excluding hydrogens is 280 g/mol. The second-order valence-electron chi connectivity index (χ2n) is 4.95. The minimum atomic E-state index is -3.72. The number of anilines is 1. The summed E-state index contributed by atoms with van der Waals surface area (Å²) in [5.74, 6) is 0.0752. The van der Waals surface area contributed by atoms with E-state index in [0.717, 1.165) is 16.6 Å². The van der Waals surface area contributed by atoms with Crippen molar-refractivity contribution in [2.75, 3.05) is 11.4 Å². The molecule has 0 bridgehead atoms. The van der Waals surface area contributed by atoms with Gasteiger partial charge in [0, 0.05) is 13.0 Å². The number of H-pyrrole nitrogens is 1. The molecule has 1 saturated heterocycles. The molecule has 1 aromatic heterocycles. The highest BCUT2D eigenvalue weighted by atomic mass is 32.2. The summed E-state index contributed by atoms with van der Waals surface area (Å²) in [4.78, 5) is 20.7. The van der Waals surface area contributed by atoms with E-state index in [9.17, 15) is 13.2 Å². The maximum absolute atomic E-state index is 11.9. The Labute approximate surface area is 115 Å². The number of aromatic amines is 1. The van der Waals surface area contributed by atoms with Crippen LogP contribution in [0.2, 0.25) is 0 Å². The summed E-state index contributed by atoms with van der Waals surface area (Å²) in [6.07, 6.45) is -0.102. The standard InChI is InChI=1S/C12H14N4O3S/c1-7-3-2-4-9-11(7)15-12(14-9)16-6-8(5-10(16)17)20(13,18)19/h2-4,8H,5-6H2,1H3,(H,14,15)(H2,13,18,19). The molecule has 20 heavy (non-hydrogen) atoms. The third-order valence-corrected chi connectivity index (χ3v) is 4.76. The van der Waals surface area contributed by atoms with E-state index in [1.54, 1.807) is 0 Å². The van der Waals surface area contributed by atoms with Gasteiger partial charge < -0.3 is 4.98 Å². The molecule has 1 atom stereocenters. The molecule has 8 heteroatoms. The topological polar surface area (TPSA) is 109 Å². The summed E-state index contributed by atoms with van der Waals surface area (Å²) in [5.41, 5.74) is 2.57. The number of nitrogens with one attached hydrogen (secondary N) is 1. The van der Waals surface area contributed by atoms with Gasteiger partial charge in [-0.3, -0.25) is 9.69 Å². The summed E-state index contributed by atoms with van der Waals surface area (Å²) in [7, 11) is -3.72. The molecule has 0 aliphatic carbocycles. The Morgan fingerprint density at radius 1 is 1.45 bits per heavy atom. The van der Waals surface area contributed by atoms with E-state index in [4.69, 9.17) is 5.14 Å². The number of hydrogen-bond donors (Lipinski definition) is 2. The molecule has 1 amide bonds. The Bertz CT molecular complexity index is 796. The molecule has 3 N–H and O–H groups in total. The number of sulfonamides is 1. The zero-order valence-electron chi connectivity index (χ0n) is 10.8. The zero-order valence-corrected chi connectivity index (χ0v) is 11.6. The largest absolute Gasteiger partial charge is 0.324 e. The third-order valence-electron chi connectivity index (χ3n) is 3.51. The van der Waals surface area contributed by atoms with Crippen molar-refractivity contribution >= 4 is 32.9 Å². The number of rotatable bonds is 2. The molecule has 1 aliphatic heterocycles. The van der Waals surface area contributed by atoms with Crippen LogP contribution in [0.3, 0.4) is 0 Å². The number of benzene rings is 1. The SMILES string of the molecule is Cc1cccc2[nH]c(N3CC(S(N)(=O)=O)CC3=O)nc12. The molecule has 0 spiro atoms. The summed E-state index contributed by atoms with van der Waals surface area (Å²) in [5, 5.41) is 4.23. The van der Waals surface area contributed by atoms with Gasteiger partial charge in [0.15, 0.2) is 0 Å². The number of nitrogens with zero attached hydrogens (tertiary/aromatic N) is 2. The van der Waals surface area contributed by atoms with E-state index in [2.05, 4.69) is 9.97 Å². The van der Waals surface area contributed by atoms with Crippen LogP contribution in [0, 0.1) is 6.92 Å². The number of imidazole rings is 1. The van der Waals surface area contributed by atoms with Crippen LogP contribution in [0.4, 0.5) is 5.95 Å². The quantitative estimate of drug-likeness (QED) is 0.828. The lowest BCUT2D eigenvalue weighted by atomic mass is 10.2. The number of fused-ring (bicyclic) bond motifs is 1. The maximum Gasteiger partial charge on any atom is 0.230 e. The zero-order chi connectivity index (χ0) is 14.5. The summed E-state index contributed by atoms with van der Waals surface area (Å²) in [6, 6.07) is 5.67. The molecule has 2 heterocycles. The van der Waals surface area contributed by atoms with E-state index in [-0.39, 0.29) is 18.9 Å². The first-order valence-corrected chi connectivity index (χ1v) is 7.74. The van der Waals surface area contributed by atoms with E-state index in [1.807, 2.05) is 25.1 Å². The molecule has 1 fully saturated rings. The number of aromatic nitrogens is 2. The second-order valence-corrected chi connectivity index (χ2v) is 6.80. The summed E-state index contributed by atoms with van der Waals surface area (Å²) < 4.78 is 22.7. The van der Waals surface area contributed by atoms with Gasteiger partial charge in [-0.25, -0.2) is 18.5 Å². The van der Waals surface area contributed by atoms with Crippen molar-refractivity contribution in [3.63, 3.8) is 0 Å². The average molecular weight is 294 g/mol. The van der Waals surface area contributed by atoms with Crippen molar-refractivity contribution in [1.82, 2.24) is 9.97 Å². The average Bonchev–Trinajstić information content (AvgIpc) is 2.92. The van der Waals surface area contributed by atoms with Crippen molar-refractivity contribution < 1.29 is 13.2 Å². The Morgan fingerprint density at radius 2 is 2.20 bits per heavy atom. The van der Waals surface area contributed by atoms with Crippen LogP contribution in [-0.4, -0.2) is 36.1 Å². The fraction of sp³-hybridized carbons (Fsp3) is 0.333. The van der Waals surface area contributed by atoms with Gasteiger partial charge in [0.1, 0.15) is 5.25 Å². The second kappa shape index (κ2) is 4.29. The van der Waals surface area contributed by atoms with Gasteiger partial charge in [-0.15, -0.1) is 0 Å². The minimum absolute atomic E-state index is 0.0382. The number of primary sulfonamides is 1. The number of hydrogen-bond acceptors (Lipinski definition) is 4. The van der Waals surface area contributed by atoms with Gasteiger partial charge in [0.25, 0.3) is 0 Å². The van der Waals surface area contributed by atoms with E-state index >= 15 is 0 Å². The molecule has 0 saturated carbocycles. The molecular formula is C12H14N4O3S.